The van der Waals surface area contributed by atoms with Gasteiger partial charge in [-0.3, -0.25) is 14.9 Å². The first-order chi connectivity index (χ1) is 13.9. The number of benzene rings is 1. The molecule has 1 heterocycles. The Morgan fingerprint density at radius 3 is 2.48 bits per heavy atom. The molecule has 0 atom stereocenters. The molecule has 0 saturated heterocycles. The minimum atomic E-state index is -1.02. The van der Waals surface area contributed by atoms with Crippen LogP contribution in [-0.2, 0) is 19.1 Å². The van der Waals surface area contributed by atoms with Crippen molar-refractivity contribution in [1.82, 2.24) is 10.3 Å². The predicted molar refractivity (Wildman–Crippen MR) is 112 cm³/mol. The van der Waals surface area contributed by atoms with Crippen molar-refractivity contribution in [3.63, 3.8) is 0 Å². The molecule has 2 N–H and O–H groups in total. The number of aromatic nitrogens is 1. The largest absolute Gasteiger partial charge is 0.454 e. The van der Waals surface area contributed by atoms with Crippen molar-refractivity contribution in [1.29, 1.82) is 0 Å². The third-order valence-electron chi connectivity index (χ3n) is 4.95. The number of aryl methyl sites for hydroxylation is 1. The number of hydrogen-bond acceptors (Lipinski definition) is 6. The van der Waals surface area contributed by atoms with Gasteiger partial charge >= 0.3 is 5.97 Å². The van der Waals surface area contributed by atoms with Crippen LogP contribution < -0.4 is 10.6 Å². The van der Waals surface area contributed by atoms with E-state index in [0.29, 0.717) is 18.0 Å². The summed E-state index contributed by atoms with van der Waals surface area (Å²) in [6.45, 7) is 2.98. The molecule has 7 nitrogen and oxygen atoms in total. The second-order valence-corrected chi connectivity index (χ2v) is 8.21. The molecule has 1 aromatic heterocycles. The third kappa shape index (κ3) is 5.41. The van der Waals surface area contributed by atoms with Crippen LogP contribution in [0.15, 0.2) is 29.6 Å². The maximum atomic E-state index is 12.6. The van der Waals surface area contributed by atoms with Crippen molar-refractivity contribution >= 4 is 34.3 Å². The zero-order valence-corrected chi connectivity index (χ0v) is 17.4. The van der Waals surface area contributed by atoms with E-state index < -0.39 is 24.0 Å². The lowest BCUT2D eigenvalue weighted by Crippen LogP contribution is -2.56. The third-order valence-corrected chi connectivity index (χ3v) is 5.70. The molecule has 1 aliphatic carbocycles. The van der Waals surface area contributed by atoms with E-state index in [2.05, 4.69) is 15.6 Å². The molecule has 1 saturated carbocycles. The number of nitrogens with zero attached hydrogens (tertiary/aromatic N) is 1. The summed E-state index contributed by atoms with van der Waals surface area (Å²) < 4.78 is 5.24. The molecule has 2 amide bonds. The number of amides is 2. The quantitative estimate of drug-likeness (QED) is 0.705. The fourth-order valence-electron chi connectivity index (χ4n) is 3.49. The van der Waals surface area contributed by atoms with Gasteiger partial charge in [0.25, 0.3) is 5.91 Å². The van der Waals surface area contributed by atoms with Crippen molar-refractivity contribution in [3.05, 3.63) is 35.2 Å². The van der Waals surface area contributed by atoms with E-state index in [0.717, 1.165) is 36.1 Å². The number of rotatable bonds is 6. The number of hydrogen-bond donors (Lipinski definition) is 2. The second-order valence-electron chi connectivity index (χ2n) is 7.35. The molecule has 1 fully saturated rings. The van der Waals surface area contributed by atoms with Crippen molar-refractivity contribution in [3.8, 4) is 11.3 Å². The van der Waals surface area contributed by atoms with Crippen LogP contribution in [0.4, 0.5) is 5.13 Å². The van der Waals surface area contributed by atoms with Gasteiger partial charge in [-0.2, -0.15) is 0 Å². The Hall–Kier alpha value is -2.74. The number of carbonyl (C=O) groups is 3. The summed E-state index contributed by atoms with van der Waals surface area (Å²) in [6.07, 6.45) is 3.74. The highest BCUT2D eigenvalue weighted by Crippen LogP contribution is 2.29. The van der Waals surface area contributed by atoms with Crippen molar-refractivity contribution in [2.45, 2.75) is 51.5 Å². The molecular weight excluding hydrogens is 390 g/mol. The Morgan fingerprint density at radius 2 is 1.83 bits per heavy atom. The number of ether oxygens (including phenoxy) is 1. The molecular formula is C21H25N3O4S. The Bertz CT molecular complexity index is 886. The Balaban J connectivity index is 1.56. The molecule has 2 aromatic rings. The fraction of sp³-hybridized carbons (Fsp3) is 0.429. The van der Waals surface area contributed by atoms with Crippen LogP contribution in [0, 0.1) is 6.92 Å². The summed E-state index contributed by atoms with van der Waals surface area (Å²) in [4.78, 5) is 40.7. The highest BCUT2D eigenvalue weighted by molar-refractivity contribution is 7.14. The summed E-state index contributed by atoms with van der Waals surface area (Å²) in [5.74, 6) is -1.29. The van der Waals surface area contributed by atoms with Gasteiger partial charge in [-0.15, -0.1) is 11.3 Å². The average molecular weight is 416 g/mol. The molecule has 0 radical (unpaired) electrons. The van der Waals surface area contributed by atoms with E-state index in [1.54, 1.807) is 0 Å². The van der Waals surface area contributed by atoms with E-state index >= 15 is 0 Å². The zero-order valence-electron chi connectivity index (χ0n) is 16.6. The molecule has 154 valence electrons. The van der Waals surface area contributed by atoms with Crippen LogP contribution >= 0.6 is 11.3 Å². The topological polar surface area (TPSA) is 97.4 Å². The van der Waals surface area contributed by atoms with E-state index in [-0.39, 0.29) is 5.91 Å². The highest BCUT2D eigenvalue weighted by atomic mass is 32.1. The van der Waals surface area contributed by atoms with E-state index in [1.165, 1.54) is 18.3 Å². The maximum Gasteiger partial charge on any atom is 0.332 e. The molecule has 3 rings (SSSR count). The lowest BCUT2D eigenvalue weighted by Gasteiger charge is -2.35. The molecule has 0 aliphatic heterocycles. The van der Waals surface area contributed by atoms with Gasteiger partial charge in [0.15, 0.2) is 11.7 Å². The molecule has 0 unspecified atom stereocenters. The number of thiazole rings is 1. The van der Waals surface area contributed by atoms with Crippen LogP contribution in [0.3, 0.4) is 0 Å². The van der Waals surface area contributed by atoms with Crippen LogP contribution in [-0.4, -0.2) is 34.9 Å². The summed E-state index contributed by atoms with van der Waals surface area (Å²) in [6, 6.07) is 7.96. The van der Waals surface area contributed by atoms with Gasteiger partial charge in [0.2, 0.25) is 5.91 Å². The number of nitrogens with one attached hydrogen (secondary N) is 2. The fourth-order valence-corrected chi connectivity index (χ4v) is 4.22. The number of esters is 1. The summed E-state index contributed by atoms with van der Waals surface area (Å²) >= 11 is 1.31. The van der Waals surface area contributed by atoms with Gasteiger partial charge in [-0.05, 0) is 19.8 Å². The van der Waals surface area contributed by atoms with E-state index in [4.69, 9.17) is 4.74 Å². The first-order valence-corrected chi connectivity index (χ1v) is 10.5. The maximum absolute atomic E-state index is 12.6. The van der Waals surface area contributed by atoms with E-state index in [9.17, 15) is 14.4 Å². The van der Waals surface area contributed by atoms with Gasteiger partial charge in [0.1, 0.15) is 5.54 Å². The zero-order chi connectivity index (χ0) is 20.9. The van der Waals surface area contributed by atoms with Crippen molar-refractivity contribution < 1.29 is 19.1 Å². The van der Waals surface area contributed by atoms with E-state index in [1.807, 2.05) is 36.6 Å². The minimum absolute atomic E-state index is 0.278. The highest BCUT2D eigenvalue weighted by Gasteiger charge is 2.42. The second kappa shape index (κ2) is 9.17. The molecule has 1 aliphatic rings. The van der Waals surface area contributed by atoms with Gasteiger partial charge in [0.05, 0.1) is 5.69 Å². The Labute approximate surface area is 173 Å². The SMILES string of the molecule is CC(=O)NC1(C(=O)OCC(=O)Nc2nc(-c3ccc(C)cc3)cs2)CCCCC1. The lowest BCUT2D eigenvalue weighted by molar-refractivity contribution is -0.157. The normalized spacial score (nSPS) is 15.4. The summed E-state index contributed by atoms with van der Waals surface area (Å²) in [7, 11) is 0. The average Bonchev–Trinajstić information content (AvgIpc) is 3.15. The van der Waals surface area contributed by atoms with Gasteiger partial charge in [-0.1, -0.05) is 49.1 Å². The van der Waals surface area contributed by atoms with Crippen LogP contribution in [0.25, 0.3) is 11.3 Å². The van der Waals surface area contributed by atoms with Gasteiger partial charge in [-0.25, -0.2) is 9.78 Å². The van der Waals surface area contributed by atoms with Crippen LogP contribution in [0.1, 0.15) is 44.6 Å². The summed E-state index contributed by atoms with van der Waals surface area (Å²) in [5, 5.41) is 7.70. The Morgan fingerprint density at radius 1 is 1.14 bits per heavy atom. The number of carbonyl (C=O) groups excluding carboxylic acids is 3. The minimum Gasteiger partial charge on any atom is -0.454 e. The molecule has 8 heteroatoms. The predicted octanol–water partition coefficient (Wildman–Crippen LogP) is 3.44. The molecule has 29 heavy (non-hydrogen) atoms. The molecule has 0 spiro atoms. The monoisotopic (exact) mass is 415 g/mol. The smallest absolute Gasteiger partial charge is 0.332 e. The molecule has 0 bridgehead atoms. The molecule has 1 aromatic carbocycles. The number of anilines is 1. The van der Waals surface area contributed by atoms with Crippen molar-refractivity contribution in [2.75, 3.05) is 11.9 Å². The first kappa shape index (κ1) is 21.0. The van der Waals surface area contributed by atoms with Crippen molar-refractivity contribution in [2.24, 2.45) is 0 Å². The first-order valence-electron chi connectivity index (χ1n) is 9.66. The van der Waals surface area contributed by atoms with Gasteiger partial charge < -0.3 is 10.1 Å². The standard InChI is InChI=1S/C21H25N3O4S/c1-14-6-8-16(9-7-14)17-13-29-20(22-17)23-18(26)12-28-19(27)21(24-15(2)25)10-4-3-5-11-21/h6-9,13H,3-5,10-12H2,1-2H3,(H,24,25)(H,22,23,26). The van der Waals surface area contributed by atoms with Crippen LogP contribution in [0.5, 0.6) is 0 Å². The Kier molecular flexibility index (Phi) is 6.64. The lowest BCUT2D eigenvalue weighted by atomic mass is 9.81. The van der Waals surface area contributed by atoms with Crippen LogP contribution in [0.2, 0.25) is 0 Å². The van der Waals surface area contributed by atoms with Gasteiger partial charge in [0, 0.05) is 17.9 Å². The summed E-state index contributed by atoms with van der Waals surface area (Å²) in [5.41, 5.74) is 1.88.